The number of hydrogen-bond acceptors (Lipinski definition) is 0. The zero-order valence-corrected chi connectivity index (χ0v) is 22.7. The average molecular weight is 451 g/mol. The van der Waals surface area contributed by atoms with Crippen LogP contribution >= 0.6 is 15.8 Å². The first kappa shape index (κ1) is 24.4. The van der Waals surface area contributed by atoms with Gasteiger partial charge in [0.1, 0.15) is 0 Å². The van der Waals surface area contributed by atoms with Crippen molar-refractivity contribution in [3.8, 4) is 0 Å². The minimum atomic E-state index is -0.486. The van der Waals surface area contributed by atoms with E-state index < -0.39 is 7.92 Å². The van der Waals surface area contributed by atoms with Crippen molar-refractivity contribution < 1.29 is 0 Å². The minimum absolute atomic E-state index is 0.238. The van der Waals surface area contributed by atoms with E-state index in [0.29, 0.717) is 21.6 Å². The highest BCUT2D eigenvalue weighted by atomic mass is 31.1. The summed E-state index contributed by atoms with van der Waals surface area (Å²) in [6.07, 6.45) is 7.30. The van der Waals surface area contributed by atoms with E-state index in [1.165, 1.54) is 21.7 Å². The maximum Gasteiger partial charge on any atom is 0.0202 e. The van der Waals surface area contributed by atoms with Crippen molar-refractivity contribution in [2.45, 2.75) is 83.9 Å². The monoisotopic (exact) mass is 450 g/mol. The smallest absolute Gasteiger partial charge is 0.0202 e. The van der Waals surface area contributed by atoms with Gasteiger partial charge >= 0.3 is 0 Å². The molecule has 0 aromatic heterocycles. The van der Waals surface area contributed by atoms with Crippen LogP contribution in [0.3, 0.4) is 0 Å². The zero-order valence-electron chi connectivity index (χ0n) is 20.9. The van der Waals surface area contributed by atoms with E-state index in [2.05, 4.69) is 129 Å². The van der Waals surface area contributed by atoms with Gasteiger partial charge in [-0.25, -0.2) is 0 Å². The molecule has 0 radical (unpaired) electrons. The normalized spacial score (nSPS) is 18.0. The first-order valence-electron chi connectivity index (χ1n) is 11.5. The fraction of sp³-hybridized carbons (Fsp3) is 0.448. The Morgan fingerprint density at radius 2 is 1.19 bits per heavy atom. The molecular formula is C29H40P2. The Bertz CT molecular complexity index is 909. The largest absolute Gasteiger partial charge is 0.0843 e. The van der Waals surface area contributed by atoms with E-state index in [-0.39, 0.29) is 7.92 Å². The Hall–Kier alpha value is -1.22. The van der Waals surface area contributed by atoms with Gasteiger partial charge in [0.15, 0.2) is 0 Å². The summed E-state index contributed by atoms with van der Waals surface area (Å²) in [5, 5.41) is 3.67. The standard InChI is InChI=1S/C29H40P2/c1-21-15-10-12-18-25(21)30(26-19-13-11-16-22(26)2)23(3)24-17-14-20-27(24)31(28(4,5)6)29(7,8)9/h10-20,23,27H,1-9H3. The summed E-state index contributed by atoms with van der Waals surface area (Å²) < 4.78 is 0. The lowest BCUT2D eigenvalue weighted by Crippen LogP contribution is -2.34. The van der Waals surface area contributed by atoms with Crippen molar-refractivity contribution in [1.29, 1.82) is 0 Å². The second-order valence-corrected chi connectivity index (χ2v) is 17.3. The van der Waals surface area contributed by atoms with Gasteiger partial charge in [0.2, 0.25) is 0 Å². The van der Waals surface area contributed by atoms with Gasteiger partial charge in [0, 0.05) is 11.3 Å². The molecule has 0 fully saturated rings. The molecule has 2 aromatic rings. The van der Waals surface area contributed by atoms with Crippen LogP contribution in [-0.4, -0.2) is 21.6 Å². The lowest BCUT2D eigenvalue weighted by atomic mass is 10.1. The highest BCUT2D eigenvalue weighted by Crippen LogP contribution is 2.66. The van der Waals surface area contributed by atoms with Crippen LogP contribution in [0.15, 0.2) is 72.3 Å². The molecule has 0 N–H and O–H groups in total. The van der Waals surface area contributed by atoms with E-state index in [0.717, 1.165) is 0 Å². The van der Waals surface area contributed by atoms with Gasteiger partial charge in [0.25, 0.3) is 0 Å². The number of hydrogen-bond donors (Lipinski definition) is 0. The van der Waals surface area contributed by atoms with Crippen LogP contribution in [0.2, 0.25) is 0 Å². The van der Waals surface area contributed by atoms with Gasteiger partial charge in [-0.3, -0.25) is 0 Å². The summed E-state index contributed by atoms with van der Waals surface area (Å²) >= 11 is 0. The van der Waals surface area contributed by atoms with Crippen LogP contribution in [0, 0.1) is 13.8 Å². The first-order chi connectivity index (χ1) is 14.4. The molecule has 1 aliphatic carbocycles. The van der Waals surface area contributed by atoms with Crippen molar-refractivity contribution in [3.05, 3.63) is 83.5 Å². The molecule has 0 heterocycles. The topological polar surface area (TPSA) is 0 Å². The molecule has 2 heteroatoms. The Balaban J connectivity index is 2.11. The predicted molar refractivity (Wildman–Crippen MR) is 145 cm³/mol. The molecule has 2 unspecified atom stereocenters. The van der Waals surface area contributed by atoms with Crippen LogP contribution in [0.25, 0.3) is 0 Å². The van der Waals surface area contributed by atoms with Crippen LogP contribution in [0.4, 0.5) is 0 Å². The SMILES string of the molecule is Cc1ccccc1P(c1ccccc1C)C(C)C1=CC=CC1P(C(C)(C)C)C(C)(C)C. The summed E-state index contributed by atoms with van der Waals surface area (Å²) in [5.41, 5.74) is 5.55. The first-order valence-corrected chi connectivity index (χ1v) is 14.3. The Labute approximate surface area is 193 Å². The molecule has 166 valence electrons. The third-order valence-corrected chi connectivity index (χ3v) is 13.3. The van der Waals surface area contributed by atoms with E-state index in [4.69, 9.17) is 0 Å². The van der Waals surface area contributed by atoms with Gasteiger partial charge in [0.05, 0.1) is 0 Å². The fourth-order valence-corrected chi connectivity index (χ4v) is 13.0. The maximum atomic E-state index is 2.51. The summed E-state index contributed by atoms with van der Waals surface area (Å²) in [5.74, 6) is 0. The number of allylic oxidation sites excluding steroid dienone is 4. The van der Waals surface area contributed by atoms with Crippen LogP contribution in [0.5, 0.6) is 0 Å². The van der Waals surface area contributed by atoms with Crippen LogP contribution < -0.4 is 10.6 Å². The van der Waals surface area contributed by atoms with Crippen molar-refractivity contribution in [2.24, 2.45) is 0 Å². The molecule has 3 rings (SSSR count). The lowest BCUT2D eigenvalue weighted by Gasteiger charge is -2.47. The highest BCUT2D eigenvalue weighted by molar-refractivity contribution is 7.74. The Morgan fingerprint density at radius 3 is 1.61 bits per heavy atom. The molecule has 2 atom stereocenters. The second kappa shape index (κ2) is 9.33. The summed E-state index contributed by atoms with van der Waals surface area (Å²) in [7, 11) is -0.724. The van der Waals surface area contributed by atoms with Crippen molar-refractivity contribution in [1.82, 2.24) is 0 Å². The molecule has 0 aliphatic heterocycles. The summed E-state index contributed by atoms with van der Waals surface area (Å²) in [6.45, 7) is 21.8. The Morgan fingerprint density at radius 1 is 0.742 bits per heavy atom. The maximum absolute atomic E-state index is 2.51. The number of aryl methyl sites for hydroxylation is 2. The summed E-state index contributed by atoms with van der Waals surface area (Å²) in [4.78, 5) is 0. The average Bonchev–Trinajstić information content (AvgIpc) is 3.11. The van der Waals surface area contributed by atoms with Gasteiger partial charge in [-0.05, 0) is 53.8 Å². The molecule has 0 spiro atoms. The van der Waals surface area contributed by atoms with E-state index in [1.54, 1.807) is 5.57 Å². The zero-order chi connectivity index (χ0) is 23.0. The molecule has 31 heavy (non-hydrogen) atoms. The molecule has 0 bridgehead atoms. The lowest BCUT2D eigenvalue weighted by molar-refractivity contribution is 0.698. The van der Waals surface area contributed by atoms with E-state index in [1.807, 2.05) is 0 Å². The molecule has 0 nitrogen and oxygen atoms in total. The van der Waals surface area contributed by atoms with Crippen LogP contribution in [-0.2, 0) is 0 Å². The Kier molecular flexibility index (Phi) is 7.35. The molecule has 0 saturated carbocycles. The molecule has 1 aliphatic rings. The van der Waals surface area contributed by atoms with Crippen molar-refractivity contribution >= 4 is 26.5 Å². The number of benzene rings is 2. The summed E-state index contributed by atoms with van der Waals surface area (Å²) in [6, 6.07) is 18.1. The molecule has 0 amide bonds. The van der Waals surface area contributed by atoms with Crippen LogP contribution in [0.1, 0.15) is 59.6 Å². The van der Waals surface area contributed by atoms with E-state index >= 15 is 0 Å². The quantitative estimate of drug-likeness (QED) is 0.404. The third-order valence-electron chi connectivity index (χ3n) is 6.27. The minimum Gasteiger partial charge on any atom is -0.0843 e. The van der Waals surface area contributed by atoms with Gasteiger partial charge in [-0.1, -0.05) is 129 Å². The molecule has 0 saturated heterocycles. The fourth-order valence-electron chi connectivity index (χ4n) is 5.31. The van der Waals surface area contributed by atoms with Crippen molar-refractivity contribution in [3.63, 3.8) is 0 Å². The number of rotatable bonds is 5. The highest BCUT2D eigenvalue weighted by Gasteiger charge is 2.43. The second-order valence-electron chi connectivity index (χ2n) is 10.8. The van der Waals surface area contributed by atoms with Gasteiger partial charge in [-0.2, -0.15) is 0 Å². The predicted octanol–water partition coefficient (Wildman–Crippen LogP) is 8.07. The third kappa shape index (κ3) is 5.24. The molecular weight excluding hydrogens is 410 g/mol. The van der Waals surface area contributed by atoms with Crippen molar-refractivity contribution in [2.75, 3.05) is 0 Å². The molecule has 2 aromatic carbocycles. The van der Waals surface area contributed by atoms with E-state index in [9.17, 15) is 0 Å². The van der Waals surface area contributed by atoms with Gasteiger partial charge < -0.3 is 0 Å². The van der Waals surface area contributed by atoms with Gasteiger partial charge in [-0.15, -0.1) is 0 Å².